The molecular weight excluding hydrogens is 450 g/mol. The van der Waals surface area contributed by atoms with Crippen LogP contribution >= 0.6 is 31.9 Å². The minimum Gasteiger partial charge on any atom is -0.192 e. The SMILES string of the molecule is CCCCCCCCc1c(C#N)c2cc(Br)ccc2c2ccc(Br)cc12. The summed E-state index contributed by atoms with van der Waals surface area (Å²) in [7, 11) is 0. The normalized spacial score (nSPS) is 11.2. The first-order chi connectivity index (χ1) is 12.7. The van der Waals surface area contributed by atoms with Gasteiger partial charge in [0, 0.05) is 14.3 Å². The van der Waals surface area contributed by atoms with E-state index in [-0.39, 0.29) is 0 Å². The van der Waals surface area contributed by atoms with Gasteiger partial charge in [-0.3, -0.25) is 0 Å². The molecular formula is C23H23Br2N. The third-order valence-electron chi connectivity index (χ3n) is 5.04. The van der Waals surface area contributed by atoms with E-state index < -0.39 is 0 Å². The number of rotatable bonds is 7. The molecule has 3 aromatic carbocycles. The van der Waals surface area contributed by atoms with Gasteiger partial charge >= 0.3 is 0 Å². The van der Waals surface area contributed by atoms with Crippen LogP contribution in [0.5, 0.6) is 0 Å². The van der Waals surface area contributed by atoms with Crippen molar-refractivity contribution in [2.24, 2.45) is 0 Å². The fraction of sp³-hybridized carbons (Fsp3) is 0.348. The second-order valence-electron chi connectivity index (χ2n) is 6.86. The maximum absolute atomic E-state index is 9.93. The zero-order valence-corrected chi connectivity index (χ0v) is 18.3. The van der Waals surface area contributed by atoms with Crippen LogP contribution in [0.15, 0.2) is 45.3 Å². The van der Waals surface area contributed by atoms with Gasteiger partial charge in [0.15, 0.2) is 0 Å². The topological polar surface area (TPSA) is 23.8 Å². The smallest absolute Gasteiger partial charge is 0.100 e. The van der Waals surface area contributed by atoms with Gasteiger partial charge in [-0.15, -0.1) is 0 Å². The number of unbranched alkanes of at least 4 members (excludes halogenated alkanes) is 5. The molecule has 0 atom stereocenters. The van der Waals surface area contributed by atoms with Crippen LogP contribution in [-0.4, -0.2) is 0 Å². The van der Waals surface area contributed by atoms with E-state index in [9.17, 15) is 5.26 Å². The second kappa shape index (κ2) is 9.02. The molecule has 0 saturated carbocycles. The molecule has 0 N–H and O–H groups in total. The lowest BCUT2D eigenvalue weighted by Gasteiger charge is -2.14. The molecule has 0 spiro atoms. The molecule has 0 amide bonds. The fourth-order valence-corrected chi connectivity index (χ4v) is 4.45. The zero-order valence-electron chi connectivity index (χ0n) is 15.1. The van der Waals surface area contributed by atoms with Crippen LogP contribution in [0.4, 0.5) is 0 Å². The van der Waals surface area contributed by atoms with Crippen LogP contribution in [-0.2, 0) is 6.42 Å². The Morgan fingerprint density at radius 3 is 2.00 bits per heavy atom. The molecule has 0 fully saturated rings. The predicted molar refractivity (Wildman–Crippen MR) is 119 cm³/mol. The number of nitrogens with zero attached hydrogens (tertiary/aromatic N) is 1. The van der Waals surface area contributed by atoms with Gasteiger partial charge in [-0.25, -0.2) is 0 Å². The average molecular weight is 473 g/mol. The number of benzene rings is 3. The van der Waals surface area contributed by atoms with Gasteiger partial charge in [-0.05, 0) is 58.8 Å². The third kappa shape index (κ3) is 4.13. The molecule has 0 heterocycles. The molecule has 0 radical (unpaired) electrons. The summed E-state index contributed by atoms with van der Waals surface area (Å²) in [5.41, 5.74) is 2.03. The van der Waals surface area contributed by atoms with Gasteiger partial charge in [-0.2, -0.15) is 5.26 Å². The number of fused-ring (bicyclic) bond motifs is 3. The van der Waals surface area contributed by atoms with E-state index in [1.165, 1.54) is 48.4 Å². The summed E-state index contributed by atoms with van der Waals surface area (Å²) in [6.45, 7) is 2.25. The van der Waals surface area contributed by atoms with Crippen molar-refractivity contribution in [2.45, 2.75) is 51.9 Å². The molecule has 134 valence electrons. The van der Waals surface area contributed by atoms with E-state index in [0.29, 0.717) is 0 Å². The highest BCUT2D eigenvalue weighted by Gasteiger charge is 2.15. The molecule has 0 bridgehead atoms. The summed E-state index contributed by atoms with van der Waals surface area (Å²) in [6.07, 6.45) is 8.54. The van der Waals surface area contributed by atoms with Gasteiger partial charge in [0.05, 0.1) is 5.56 Å². The van der Waals surface area contributed by atoms with Crippen molar-refractivity contribution >= 4 is 53.4 Å². The molecule has 3 aromatic rings. The minimum atomic E-state index is 0.834. The molecule has 3 heteroatoms. The summed E-state index contributed by atoms with van der Waals surface area (Å²) in [5.74, 6) is 0. The lowest BCUT2D eigenvalue weighted by molar-refractivity contribution is 0.608. The Kier molecular flexibility index (Phi) is 6.73. The van der Waals surface area contributed by atoms with Crippen molar-refractivity contribution in [3.8, 4) is 6.07 Å². The number of aryl methyl sites for hydroxylation is 1. The first-order valence-electron chi connectivity index (χ1n) is 9.39. The molecule has 1 nitrogen and oxygen atoms in total. The van der Waals surface area contributed by atoms with Gasteiger partial charge in [-0.1, -0.05) is 83.0 Å². The van der Waals surface area contributed by atoms with Crippen LogP contribution in [0, 0.1) is 11.3 Å². The van der Waals surface area contributed by atoms with E-state index in [2.05, 4.69) is 81.3 Å². The maximum atomic E-state index is 9.93. The van der Waals surface area contributed by atoms with E-state index in [0.717, 1.165) is 38.1 Å². The number of halogens is 2. The summed E-state index contributed by atoms with van der Waals surface area (Å²) >= 11 is 7.18. The highest BCUT2D eigenvalue weighted by Crippen LogP contribution is 2.36. The average Bonchev–Trinajstić information content (AvgIpc) is 2.64. The van der Waals surface area contributed by atoms with E-state index >= 15 is 0 Å². The summed E-state index contributed by atoms with van der Waals surface area (Å²) in [4.78, 5) is 0. The Labute approximate surface area is 172 Å². The van der Waals surface area contributed by atoms with Gasteiger partial charge in [0.1, 0.15) is 6.07 Å². The number of hydrogen-bond acceptors (Lipinski definition) is 1. The largest absolute Gasteiger partial charge is 0.192 e. The molecule has 26 heavy (non-hydrogen) atoms. The summed E-state index contributed by atoms with van der Waals surface area (Å²) in [6, 6.07) is 15.2. The van der Waals surface area contributed by atoms with Crippen LogP contribution < -0.4 is 0 Å². The Morgan fingerprint density at radius 1 is 0.769 bits per heavy atom. The number of hydrogen-bond donors (Lipinski definition) is 0. The Morgan fingerprint density at radius 2 is 1.35 bits per heavy atom. The highest BCUT2D eigenvalue weighted by atomic mass is 79.9. The van der Waals surface area contributed by atoms with E-state index in [4.69, 9.17) is 0 Å². The maximum Gasteiger partial charge on any atom is 0.100 e. The molecule has 0 aromatic heterocycles. The van der Waals surface area contributed by atoms with Gasteiger partial charge in [0.25, 0.3) is 0 Å². The van der Waals surface area contributed by atoms with Crippen molar-refractivity contribution in [1.82, 2.24) is 0 Å². The minimum absolute atomic E-state index is 0.834. The zero-order chi connectivity index (χ0) is 18.5. The van der Waals surface area contributed by atoms with Crippen molar-refractivity contribution in [1.29, 1.82) is 5.26 Å². The third-order valence-corrected chi connectivity index (χ3v) is 6.03. The molecule has 0 aliphatic heterocycles. The van der Waals surface area contributed by atoms with Crippen LogP contribution in [0.2, 0.25) is 0 Å². The molecule has 0 unspecified atom stereocenters. The predicted octanol–water partition coefficient (Wildman–Crippen LogP) is 8.29. The molecule has 3 rings (SSSR count). The summed E-state index contributed by atoms with van der Waals surface area (Å²) in [5, 5.41) is 14.6. The first-order valence-corrected chi connectivity index (χ1v) is 11.0. The van der Waals surface area contributed by atoms with Crippen molar-refractivity contribution < 1.29 is 0 Å². The monoisotopic (exact) mass is 471 g/mol. The standard InChI is InChI=1S/C23H23Br2N/c1-2-3-4-5-6-7-8-18-21-13-16(24)9-11-19(21)20-12-10-17(25)14-22(20)23(18)15-26/h9-14H,2-8H2,1H3. The van der Waals surface area contributed by atoms with E-state index in [1.807, 2.05) is 0 Å². The Balaban J connectivity index is 2.06. The first kappa shape index (κ1) is 19.4. The van der Waals surface area contributed by atoms with Crippen molar-refractivity contribution in [3.63, 3.8) is 0 Å². The van der Waals surface area contributed by atoms with Crippen molar-refractivity contribution in [3.05, 3.63) is 56.5 Å². The van der Waals surface area contributed by atoms with Gasteiger partial charge in [0.2, 0.25) is 0 Å². The lowest BCUT2D eigenvalue weighted by Crippen LogP contribution is -1.96. The van der Waals surface area contributed by atoms with Crippen LogP contribution in [0.25, 0.3) is 21.5 Å². The Hall–Kier alpha value is -1.37. The lowest BCUT2D eigenvalue weighted by atomic mass is 9.89. The van der Waals surface area contributed by atoms with Crippen LogP contribution in [0.1, 0.15) is 56.6 Å². The summed E-state index contributed by atoms with van der Waals surface area (Å²) < 4.78 is 2.08. The second-order valence-corrected chi connectivity index (χ2v) is 8.69. The van der Waals surface area contributed by atoms with Crippen molar-refractivity contribution in [2.75, 3.05) is 0 Å². The molecule has 0 aliphatic rings. The van der Waals surface area contributed by atoms with E-state index in [1.54, 1.807) is 0 Å². The Bertz CT molecular complexity index is 969. The molecule has 0 saturated heterocycles. The highest BCUT2D eigenvalue weighted by molar-refractivity contribution is 9.10. The quantitative estimate of drug-likeness (QED) is 0.250. The number of nitriles is 1. The fourth-order valence-electron chi connectivity index (χ4n) is 3.73. The van der Waals surface area contributed by atoms with Gasteiger partial charge < -0.3 is 0 Å². The van der Waals surface area contributed by atoms with Crippen LogP contribution in [0.3, 0.4) is 0 Å². The molecule has 0 aliphatic carbocycles.